The maximum Gasteiger partial charge on any atom is 0.325 e. The highest BCUT2D eigenvalue weighted by Crippen LogP contribution is 2.23. The zero-order chi connectivity index (χ0) is 10.6. The molecule has 1 rings (SSSR count). The van der Waals surface area contributed by atoms with Crippen LogP contribution in [-0.2, 0) is 4.79 Å². The molecule has 0 aliphatic carbocycles. The number of hydrogen-bond acceptors (Lipinski definition) is 3. The molecule has 1 aromatic rings. The van der Waals surface area contributed by atoms with E-state index in [1.54, 1.807) is 24.3 Å². The highest BCUT2D eigenvalue weighted by Gasteiger charge is 2.17. The monoisotopic (exact) mass is 195 g/mol. The Kier molecular flexibility index (Phi) is 3.48. The summed E-state index contributed by atoms with van der Waals surface area (Å²) in [5.74, 6) is -0.526. The first kappa shape index (κ1) is 10.5. The Morgan fingerprint density at radius 3 is 2.79 bits per heavy atom. The predicted molar refractivity (Wildman–Crippen MR) is 52.2 cm³/mol. The van der Waals surface area contributed by atoms with Crippen LogP contribution in [0.25, 0.3) is 0 Å². The van der Waals surface area contributed by atoms with Gasteiger partial charge in [-0.3, -0.25) is 4.79 Å². The molecule has 0 aliphatic heterocycles. The Bertz CT molecular complexity index is 325. The molecule has 0 heterocycles. The molecular weight excluding hydrogens is 182 g/mol. The van der Waals surface area contributed by atoms with Crippen LogP contribution < -0.4 is 10.5 Å². The third-order valence-electron chi connectivity index (χ3n) is 1.82. The van der Waals surface area contributed by atoms with Crippen molar-refractivity contribution in [2.24, 2.45) is 5.73 Å². The molecule has 1 aromatic carbocycles. The van der Waals surface area contributed by atoms with Crippen molar-refractivity contribution in [3.63, 3.8) is 0 Å². The second kappa shape index (κ2) is 4.62. The fourth-order valence-electron chi connectivity index (χ4n) is 1.16. The number of benzene rings is 1. The molecule has 0 saturated heterocycles. The fourth-order valence-corrected chi connectivity index (χ4v) is 1.16. The Hall–Kier alpha value is -1.55. The topological polar surface area (TPSA) is 72.5 Å². The van der Waals surface area contributed by atoms with Crippen LogP contribution in [0.2, 0.25) is 0 Å². The molecule has 0 aliphatic rings. The van der Waals surface area contributed by atoms with E-state index in [0.29, 0.717) is 17.9 Å². The van der Waals surface area contributed by atoms with Gasteiger partial charge in [-0.2, -0.15) is 0 Å². The molecule has 0 amide bonds. The maximum atomic E-state index is 10.7. The molecule has 0 bridgehead atoms. The summed E-state index contributed by atoms with van der Waals surface area (Å²) in [6.45, 7) is 2.33. The summed E-state index contributed by atoms with van der Waals surface area (Å²) in [7, 11) is 0. The van der Waals surface area contributed by atoms with Crippen LogP contribution in [-0.4, -0.2) is 17.7 Å². The molecule has 1 unspecified atom stereocenters. The lowest BCUT2D eigenvalue weighted by atomic mass is 10.1. The van der Waals surface area contributed by atoms with Gasteiger partial charge in [0, 0.05) is 5.56 Å². The number of carboxylic acid groups (broad SMARTS) is 1. The van der Waals surface area contributed by atoms with Crippen LogP contribution in [0.1, 0.15) is 18.5 Å². The van der Waals surface area contributed by atoms with E-state index in [9.17, 15) is 4.79 Å². The summed E-state index contributed by atoms with van der Waals surface area (Å²) in [5.41, 5.74) is 5.99. The lowest BCUT2D eigenvalue weighted by Gasteiger charge is -2.12. The van der Waals surface area contributed by atoms with Gasteiger partial charge < -0.3 is 15.6 Å². The van der Waals surface area contributed by atoms with Crippen LogP contribution in [0.5, 0.6) is 5.75 Å². The van der Waals surface area contributed by atoms with Crippen LogP contribution >= 0.6 is 0 Å². The van der Waals surface area contributed by atoms with Crippen LogP contribution in [0.4, 0.5) is 0 Å². The smallest absolute Gasteiger partial charge is 0.325 e. The molecule has 3 N–H and O–H groups in total. The first-order chi connectivity index (χ1) is 6.66. The van der Waals surface area contributed by atoms with Crippen molar-refractivity contribution in [1.82, 2.24) is 0 Å². The average molecular weight is 195 g/mol. The van der Waals surface area contributed by atoms with E-state index in [0.717, 1.165) is 0 Å². The van der Waals surface area contributed by atoms with E-state index in [2.05, 4.69) is 0 Å². The number of carboxylic acids is 1. The van der Waals surface area contributed by atoms with Crippen molar-refractivity contribution in [1.29, 1.82) is 0 Å². The van der Waals surface area contributed by atoms with Gasteiger partial charge in [0.15, 0.2) is 0 Å². The molecule has 76 valence electrons. The number of rotatable bonds is 4. The third-order valence-corrected chi connectivity index (χ3v) is 1.82. The second-order valence-corrected chi connectivity index (χ2v) is 2.79. The Balaban J connectivity index is 3.00. The Morgan fingerprint density at radius 1 is 1.57 bits per heavy atom. The minimum absolute atomic E-state index is 0.489. The van der Waals surface area contributed by atoms with Crippen molar-refractivity contribution in [2.45, 2.75) is 13.0 Å². The van der Waals surface area contributed by atoms with E-state index >= 15 is 0 Å². The highest BCUT2D eigenvalue weighted by molar-refractivity contribution is 5.76. The molecule has 1 atom stereocenters. The largest absolute Gasteiger partial charge is 0.494 e. The summed E-state index contributed by atoms with van der Waals surface area (Å²) >= 11 is 0. The number of ether oxygens (including phenoxy) is 1. The first-order valence-corrected chi connectivity index (χ1v) is 4.37. The van der Waals surface area contributed by atoms with Gasteiger partial charge in [-0.05, 0) is 13.0 Å². The van der Waals surface area contributed by atoms with Crippen molar-refractivity contribution in [2.75, 3.05) is 6.61 Å². The van der Waals surface area contributed by atoms with Crippen LogP contribution in [0, 0.1) is 0 Å². The molecular formula is C10H13NO3. The Morgan fingerprint density at radius 2 is 2.21 bits per heavy atom. The normalized spacial score (nSPS) is 12.1. The van der Waals surface area contributed by atoms with Gasteiger partial charge in [0.25, 0.3) is 0 Å². The Labute approximate surface area is 82.3 Å². The minimum atomic E-state index is -1.06. The van der Waals surface area contributed by atoms with Crippen molar-refractivity contribution < 1.29 is 14.6 Å². The number of carbonyl (C=O) groups is 1. The number of hydrogen-bond donors (Lipinski definition) is 2. The second-order valence-electron chi connectivity index (χ2n) is 2.79. The zero-order valence-electron chi connectivity index (χ0n) is 7.93. The fraction of sp³-hybridized carbons (Fsp3) is 0.300. The number of aliphatic carboxylic acids is 1. The number of nitrogens with two attached hydrogens (primary N) is 1. The third kappa shape index (κ3) is 2.23. The van der Waals surface area contributed by atoms with Crippen LogP contribution in [0.3, 0.4) is 0 Å². The average Bonchev–Trinajstić information content (AvgIpc) is 2.18. The summed E-state index contributed by atoms with van der Waals surface area (Å²) in [4.78, 5) is 10.7. The van der Waals surface area contributed by atoms with Gasteiger partial charge in [-0.25, -0.2) is 0 Å². The van der Waals surface area contributed by atoms with Gasteiger partial charge in [0.1, 0.15) is 11.8 Å². The van der Waals surface area contributed by atoms with Gasteiger partial charge in [0.2, 0.25) is 0 Å². The standard InChI is InChI=1S/C10H13NO3/c1-2-14-8-6-4-3-5-7(8)9(11)10(12)13/h3-6,9H,2,11H2,1H3,(H,12,13). The lowest BCUT2D eigenvalue weighted by Crippen LogP contribution is -2.21. The minimum Gasteiger partial charge on any atom is -0.494 e. The van der Waals surface area contributed by atoms with Crippen molar-refractivity contribution >= 4 is 5.97 Å². The quantitative estimate of drug-likeness (QED) is 0.756. The van der Waals surface area contributed by atoms with E-state index < -0.39 is 12.0 Å². The van der Waals surface area contributed by atoms with Gasteiger partial charge in [0.05, 0.1) is 6.61 Å². The molecule has 0 fully saturated rings. The van der Waals surface area contributed by atoms with Gasteiger partial charge in [-0.15, -0.1) is 0 Å². The molecule has 4 nitrogen and oxygen atoms in total. The van der Waals surface area contributed by atoms with Gasteiger partial charge in [-0.1, -0.05) is 18.2 Å². The van der Waals surface area contributed by atoms with E-state index in [4.69, 9.17) is 15.6 Å². The predicted octanol–water partition coefficient (Wildman–Crippen LogP) is 1.17. The highest BCUT2D eigenvalue weighted by atomic mass is 16.5. The van der Waals surface area contributed by atoms with Crippen molar-refractivity contribution in [3.8, 4) is 5.75 Å². The molecule has 0 aromatic heterocycles. The molecule has 0 radical (unpaired) electrons. The molecule has 0 spiro atoms. The maximum absolute atomic E-state index is 10.7. The summed E-state index contributed by atoms with van der Waals surface area (Å²) < 4.78 is 5.26. The summed E-state index contributed by atoms with van der Waals surface area (Å²) in [6.07, 6.45) is 0. The molecule has 0 saturated carbocycles. The zero-order valence-corrected chi connectivity index (χ0v) is 7.93. The summed E-state index contributed by atoms with van der Waals surface area (Å²) in [6, 6.07) is 5.85. The number of para-hydroxylation sites is 1. The molecule has 4 heteroatoms. The first-order valence-electron chi connectivity index (χ1n) is 4.37. The van der Waals surface area contributed by atoms with E-state index in [-0.39, 0.29) is 0 Å². The van der Waals surface area contributed by atoms with E-state index in [1.807, 2.05) is 6.92 Å². The summed E-state index contributed by atoms with van der Waals surface area (Å²) in [5, 5.41) is 8.75. The van der Waals surface area contributed by atoms with Gasteiger partial charge >= 0.3 is 5.97 Å². The van der Waals surface area contributed by atoms with E-state index in [1.165, 1.54) is 0 Å². The molecule has 14 heavy (non-hydrogen) atoms. The van der Waals surface area contributed by atoms with Crippen molar-refractivity contribution in [3.05, 3.63) is 29.8 Å². The van der Waals surface area contributed by atoms with Crippen LogP contribution in [0.15, 0.2) is 24.3 Å². The lowest BCUT2D eigenvalue weighted by molar-refractivity contribution is -0.138. The SMILES string of the molecule is CCOc1ccccc1C(N)C(=O)O.